The zero-order valence-electron chi connectivity index (χ0n) is 22.2. The first kappa shape index (κ1) is 26.3. The standard InChI is InChI=1S/C31H29ClFN3O5/c32-19-5-6-21(23(33)15-19)31-40-27-3-1-2-20(28(27)41-31)17-8-11-36(12-9-17)16-22(26-10-13-39-26)29-34-24-7-4-18(30(37)38)14-25(24)35-29/h1-7,14-15,17,22,26,31H,8-13,16H2,(H,34,35)(H,37,38)/t22?,26-,31-/m0/s1. The summed E-state index contributed by atoms with van der Waals surface area (Å²) >= 11 is 5.92. The molecule has 1 unspecified atom stereocenters. The van der Waals surface area contributed by atoms with Crippen molar-refractivity contribution in [3.63, 3.8) is 0 Å². The van der Waals surface area contributed by atoms with Crippen molar-refractivity contribution in [2.75, 3.05) is 26.2 Å². The number of piperidine rings is 1. The third-order valence-electron chi connectivity index (χ3n) is 8.45. The summed E-state index contributed by atoms with van der Waals surface area (Å²) in [5.41, 5.74) is 3.12. The van der Waals surface area contributed by atoms with Gasteiger partial charge in [-0.05, 0) is 80.7 Å². The number of benzene rings is 3. The summed E-state index contributed by atoms with van der Waals surface area (Å²) in [6.07, 6.45) is 2.10. The summed E-state index contributed by atoms with van der Waals surface area (Å²) in [6.45, 7) is 3.34. The fourth-order valence-corrected chi connectivity index (χ4v) is 6.29. The lowest BCUT2D eigenvalue weighted by atomic mass is 9.87. The van der Waals surface area contributed by atoms with Gasteiger partial charge in [0.25, 0.3) is 6.29 Å². The molecule has 0 radical (unpaired) electrons. The van der Waals surface area contributed by atoms with E-state index >= 15 is 0 Å². The molecule has 3 aromatic carbocycles. The summed E-state index contributed by atoms with van der Waals surface area (Å²) in [7, 11) is 0. The number of fused-ring (bicyclic) bond motifs is 2. The van der Waals surface area contributed by atoms with Crippen LogP contribution in [0.5, 0.6) is 11.5 Å². The largest absolute Gasteiger partial charge is 0.478 e. The quantitative estimate of drug-likeness (QED) is 0.267. The van der Waals surface area contributed by atoms with Gasteiger partial charge in [-0.2, -0.15) is 0 Å². The molecular formula is C31H29ClFN3O5. The van der Waals surface area contributed by atoms with E-state index in [0.29, 0.717) is 22.1 Å². The highest BCUT2D eigenvalue weighted by atomic mass is 35.5. The SMILES string of the molecule is O=C(O)c1ccc2nc(C(CN3CCC(c4cccc5c4O[C@@H](c4ccc(Cl)cc4F)O5)CC3)[C@@H]3CCO3)[nH]c2c1. The van der Waals surface area contributed by atoms with Crippen LogP contribution in [0.4, 0.5) is 4.39 Å². The molecular weight excluding hydrogens is 549 g/mol. The van der Waals surface area contributed by atoms with Gasteiger partial charge in [-0.25, -0.2) is 14.2 Å². The van der Waals surface area contributed by atoms with Gasteiger partial charge in [0.05, 0.1) is 34.2 Å². The summed E-state index contributed by atoms with van der Waals surface area (Å²) in [5.74, 6) is 1.09. The smallest absolute Gasteiger partial charge is 0.335 e. The molecule has 10 heteroatoms. The molecule has 3 aliphatic heterocycles. The number of imidazole rings is 1. The Hall–Kier alpha value is -3.66. The second-order valence-electron chi connectivity index (χ2n) is 10.9. The topological polar surface area (TPSA) is 96.9 Å². The lowest BCUT2D eigenvalue weighted by Crippen LogP contribution is -2.43. The normalized spacial score (nSPS) is 21.6. The van der Waals surface area contributed by atoms with E-state index in [1.165, 1.54) is 6.07 Å². The van der Waals surface area contributed by atoms with E-state index < -0.39 is 18.1 Å². The number of halogens is 2. The van der Waals surface area contributed by atoms with Gasteiger partial charge in [0.15, 0.2) is 11.5 Å². The molecule has 3 atom stereocenters. The van der Waals surface area contributed by atoms with Crippen LogP contribution in [0.15, 0.2) is 54.6 Å². The molecule has 0 aliphatic carbocycles. The van der Waals surface area contributed by atoms with Gasteiger partial charge in [0.2, 0.25) is 0 Å². The van der Waals surface area contributed by atoms with Gasteiger partial charge in [-0.15, -0.1) is 0 Å². The van der Waals surface area contributed by atoms with Crippen LogP contribution in [-0.4, -0.2) is 58.3 Å². The van der Waals surface area contributed by atoms with E-state index in [1.54, 1.807) is 30.3 Å². The molecule has 2 N–H and O–H groups in total. The Balaban J connectivity index is 1.04. The second kappa shape index (κ2) is 10.6. The van der Waals surface area contributed by atoms with Crippen LogP contribution in [0.3, 0.4) is 0 Å². The van der Waals surface area contributed by atoms with E-state index in [-0.39, 0.29) is 23.5 Å². The number of H-pyrrole nitrogens is 1. The number of carbonyl (C=O) groups is 1. The minimum absolute atomic E-state index is 0.0636. The number of aromatic carboxylic acids is 1. The molecule has 1 aromatic heterocycles. The Morgan fingerprint density at radius 1 is 1.10 bits per heavy atom. The van der Waals surface area contributed by atoms with Crippen molar-refractivity contribution in [3.05, 3.63) is 88.0 Å². The van der Waals surface area contributed by atoms with Gasteiger partial charge in [0, 0.05) is 23.7 Å². The third kappa shape index (κ3) is 5.03. The van der Waals surface area contributed by atoms with Crippen LogP contribution in [0.25, 0.3) is 11.0 Å². The predicted octanol–water partition coefficient (Wildman–Crippen LogP) is 6.28. The number of likely N-dealkylation sites (tertiary alicyclic amines) is 1. The van der Waals surface area contributed by atoms with Crippen LogP contribution in [0.1, 0.15) is 64.7 Å². The average molecular weight is 578 g/mol. The van der Waals surface area contributed by atoms with Crippen molar-refractivity contribution in [2.24, 2.45) is 0 Å². The minimum Gasteiger partial charge on any atom is -0.478 e. The molecule has 212 valence electrons. The lowest BCUT2D eigenvalue weighted by Gasteiger charge is -2.38. The molecule has 2 fully saturated rings. The number of nitrogens with one attached hydrogen (secondary N) is 1. The van der Waals surface area contributed by atoms with Gasteiger partial charge < -0.3 is 29.2 Å². The van der Waals surface area contributed by atoms with Crippen LogP contribution < -0.4 is 9.47 Å². The van der Waals surface area contributed by atoms with Crippen molar-refractivity contribution in [2.45, 2.75) is 43.5 Å². The number of hydrogen-bond acceptors (Lipinski definition) is 6. The van der Waals surface area contributed by atoms with Crippen molar-refractivity contribution >= 4 is 28.6 Å². The summed E-state index contributed by atoms with van der Waals surface area (Å²) in [6, 6.07) is 15.4. The van der Waals surface area contributed by atoms with Gasteiger partial charge in [-0.1, -0.05) is 23.7 Å². The first-order chi connectivity index (χ1) is 19.9. The highest BCUT2D eigenvalue weighted by Crippen LogP contribution is 2.47. The monoisotopic (exact) mass is 577 g/mol. The molecule has 0 bridgehead atoms. The molecule has 4 heterocycles. The Morgan fingerprint density at radius 3 is 2.66 bits per heavy atom. The summed E-state index contributed by atoms with van der Waals surface area (Å²) in [4.78, 5) is 22.0. The second-order valence-corrected chi connectivity index (χ2v) is 11.4. The molecule has 41 heavy (non-hydrogen) atoms. The zero-order chi connectivity index (χ0) is 28.1. The number of aromatic amines is 1. The summed E-state index contributed by atoms with van der Waals surface area (Å²) in [5, 5.41) is 9.68. The number of carboxylic acids is 1. The Labute approximate surface area is 241 Å². The van der Waals surface area contributed by atoms with Crippen molar-refractivity contribution < 1.29 is 28.5 Å². The zero-order valence-corrected chi connectivity index (χ0v) is 22.9. The Bertz CT molecular complexity index is 1610. The maximum Gasteiger partial charge on any atom is 0.335 e. The number of hydrogen-bond donors (Lipinski definition) is 2. The first-order valence-electron chi connectivity index (χ1n) is 13.9. The van der Waals surface area contributed by atoms with E-state index in [4.69, 9.17) is 30.8 Å². The van der Waals surface area contributed by atoms with Crippen LogP contribution >= 0.6 is 11.6 Å². The van der Waals surface area contributed by atoms with Crippen LogP contribution in [0.2, 0.25) is 5.02 Å². The molecule has 2 saturated heterocycles. The predicted molar refractivity (Wildman–Crippen MR) is 150 cm³/mol. The van der Waals surface area contributed by atoms with Crippen LogP contribution in [-0.2, 0) is 4.74 Å². The lowest BCUT2D eigenvalue weighted by molar-refractivity contribution is -0.0731. The molecule has 7 rings (SSSR count). The highest BCUT2D eigenvalue weighted by Gasteiger charge is 2.36. The Morgan fingerprint density at radius 2 is 1.93 bits per heavy atom. The average Bonchev–Trinajstić information content (AvgIpc) is 3.56. The van der Waals surface area contributed by atoms with Gasteiger partial charge in [0.1, 0.15) is 11.6 Å². The van der Waals surface area contributed by atoms with E-state index in [9.17, 15) is 14.3 Å². The molecule has 3 aliphatic rings. The van der Waals surface area contributed by atoms with Crippen LogP contribution in [0, 0.1) is 5.82 Å². The maximum absolute atomic E-state index is 14.6. The van der Waals surface area contributed by atoms with Crippen molar-refractivity contribution in [1.82, 2.24) is 14.9 Å². The number of rotatable bonds is 7. The first-order valence-corrected chi connectivity index (χ1v) is 14.3. The molecule has 0 spiro atoms. The number of nitrogens with zero attached hydrogens (tertiary/aromatic N) is 2. The van der Waals surface area contributed by atoms with Gasteiger partial charge in [-0.3, -0.25) is 0 Å². The van der Waals surface area contributed by atoms with E-state index in [0.717, 1.165) is 67.9 Å². The number of ether oxygens (including phenoxy) is 3. The van der Waals surface area contributed by atoms with Gasteiger partial charge >= 0.3 is 5.97 Å². The minimum atomic E-state index is -0.960. The molecule has 8 nitrogen and oxygen atoms in total. The van der Waals surface area contributed by atoms with E-state index in [1.807, 2.05) is 12.1 Å². The maximum atomic E-state index is 14.6. The molecule has 4 aromatic rings. The fourth-order valence-electron chi connectivity index (χ4n) is 6.13. The Kier molecular flexibility index (Phi) is 6.81. The molecule has 0 saturated carbocycles. The number of para-hydroxylation sites is 1. The summed E-state index contributed by atoms with van der Waals surface area (Å²) < 4.78 is 32.6. The molecule has 0 amide bonds. The van der Waals surface area contributed by atoms with E-state index in [2.05, 4.69) is 16.0 Å². The fraction of sp³-hybridized carbons (Fsp3) is 0.355. The van der Waals surface area contributed by atoms with Crippen molar-refractivity contribution in [1.29, 1.82) is 0 Å². The third-order valence-corrected chi connectivity index (χ3v) is 8.68. The van der Waals surface area contributed by atoms with Crippen molar-refractivity contribution in [3.8, 4) is 11.5 Å². The number of carboxylic acid groups (broad SMARTS) is 1. The number of aromatic nitrogens is 2. The highest BCUT2D eigenvalue weighted by molar-refractivity contribution is 6.30.